The van der Waals surface area contributed by atoms with Crippen LogP contribution in [0.5, 0.6) is 0 Å². The lowest BCUT2D eigenvalue weighted by molar-refractivity contribution is -0.116. The maximum atomic E-state index is 12.5. The van der Waals surface area contributed by atoms with Crippen LogP contribution in [0.15, 0.2) is 71.2 Å². The van der Waals surface area contributed by atoms with Crippen molar-refractivity contribution in [3.8, 4) is 10.7 Å². The molecule has 146 valence electrons. The van der Waals surface area contributed by atoms with E-state index < -0.39 is 0 Å². The standard InChI is InChI=1S/C20H17N5OS3/c26-18(12-25-19(23-24-20(25)27)17-4-2-10-28-17)22-15-5-7-16(8-6-15)29-13-14-3-1-9-21-11-14/h1-11H,12-13H2,(H,22,26)(H,24,27). The molecule has 2 N–H and O–H groups in total. The largest absolute Gasteiger partial charge is 0.325 e. The first-order valence-corrected chi connectivity index (χ1v) is 11.1. The minimum Gasteiger partial charge on any atom is -0.325 e. The van der Waals surface area contributed by atoms with Gasteiger partial charge in [0.1, 0.15) is 6.54 Å². The molecular weight excluding hydrogens is 422 g/mol. The molecule has 0 atom stereocenters. The third-order valence-corrected chi connectivity index (χ3v) is 6.33. The molecule has 0 aliphatic rings. The lowest BCUT2D eigenvalue weighted by atomic mass is 10.3. The van der Waals surface area contributed by atoms with Gasteiger partial charge in [0.05, 0.1) is 4.88 Å². The molecule has 6 nitrogen and oxygen atoms in total. The Labute approximate surface area is 181 Å². The van der Waals surface area contributed by atoms with Gasteiger partial charge in [0.2, 0.25) is 5.91 Å². The van der Waals surface area contributed by atoms with Crippen LogP contribution in [-0.2, 0) is 17.1 Å². The van der Waals surface area contributed by atoms with Crippen molar-refractivity contribution in [3.63, 3.8) is 0 Å². The Morgan fingerprint density at radius 3 is 2.79 bits per heavy atom. The Morgan fingerprint density at radius 1 is 1.21 bits per heavy atom. The van der Waals surface area contributed by atoms with Crippen LogP contribution >= 0.6 is 35.3 Å². The summed E-state index contributed by atoms with van der Waals surface area (Å²) >= 11 is 8.56. The highest BCUT2D eigenvalue weighted by Gasteiger charge is 2.13. The van der Waals surface area contributed by atoms with Gasteiger partial charge in [-0.3, -0.25) is 19.4 Å². The molecule has 0 fully saturated rings. The summed E-state index contributed by atoms with van der Waals surface area (Å²) in [6.45, 7) is 0.0973. The number of hydrogen-bond donors (Lipinski definition) is 2. The molecule has 0 saturated heterocycles. The highest BCUT2D eigenvalue weighted by Crippen LogP contribution is 2.25. The number of rotatable bonds is 7. The summed E-state index contributed by atoms with van der Waals surface area (Å²) in [4.78, 5) is 18.7. The molecule has 9 heteroatoms. The van der Waals surface area contributed by atoms with Crippen LogP contribution in [0.2, 0.25) is 0 Å². The number of pyridine rings is 1. The minimum absolute atomic E-state index is 0.0973. The lowest BCUT2D eigenvalue weighted by Crippen LogP contribution is -2.19. The second kappa shape index (κ2) is 9.17. The number of aromatic nitrogens is 4. The van der Waals surface area contributed by atoms with Crippen molar-refractivity contribution in [3.05, 3.63) is 76.6 Å². The molecule has 1 aromatic carbocycles. The number of carbonyl (C=O) groups is 1. The van der Waals surface area contributed by atoms with Gasteiger partial charge in [-0.25, -0.2) is 0 Å². The molecule has 0 bridgehead atoms. The molecule has 0 radical (unpaired) electrons. The van der Waals surface area contributed by atoms with E-state index in [1.165, 1.54) is 5.56 Å². The number of H-pyrrole nitrogens is 1. The van der Waals surface area contributed by atoms with E-state index in [1.807, 2.05) is 54.0 Å². The maximum Gasteiger partial charge on any atom is 0.244 e. The topological polar surface area (TPSA) is 75.6 Å². The van der Waals surface area contributed by atoms with Crippen LogP contribution in [-0.4, -0.2) is 25.7 Å². The quantitative estimate of drug-likeness (QED) is 0.313. The van der Waals surface area contributed by atoms with E-state index in [1.54, 1.807) is 33.9 Å². The van der Waals surface area contributed by atoms with Crippen LogP contribution in [0.25, 0.3) is 10.7 Å². The Kier molecular flexibility index (Phi) is 6.18. The summed E-state index contributed by atoms with van der Waals surface area (Å²) in [5, 5.41) is 11.9. The zero-order valence-corrected chi connectivity index (χ0v) is 17.7. The van der Waals surface area contributed by atoms with Gasteiger partial charge in [-0.2, -0.15) is 5.10 Å². The van der Waals surface area contributed by atoms with Crippen LogP contribution in [0, 0.1) is 4.77 Å². The van der Waals surface area contributed by atoms with Crippen molar-refractivity contribution in [2.45, 2.75) is 17.2 Å². The van der Waals surface area contributed by atoms with E-state index in [-0.39, 0.29) is 12.5 Å². The SMILES string of the molecule is O=C(Cn1c(-c2cccs2)n[nH]c1=S)Nc1ccc(SCc2cccnc2)cc1. The van der Waals surface area contributed by atoms with Gasteiger partial charge in [-0.05, 0) is 59.6 Å². The monoisotopic (exact) mass is 439 g/mol. The Morgan fingerprint density at radius 2 is 2.07 bits per heavy atom. The van der Waals surface area contributed by atoms with Gasteiger partial charge in [-0.15, -0.1) is 23.1 Å². The van der Waals surface area contributed by atoms with E-state index in [9.17, 15) is 4.79 Å². The fourth-order valence-electron chi connectivity index (χ4n) is 2.69. The molecule has 0 aliphatic carbocycles. The number of thiophene rings is 1. The Hall–Kier alpha value is -2.75. The fourth-order valence-corrected chi connectivity index (χ4v) is 4.44. The van der Waals surface area contributed by atoms with Gasteiger partial charge in [0.25, 0.3) is 0 Å². The third-order valence-electron chi connectivity index (χ3n) is 4.07. The molecule has 29 heavy (non-hydrogen) atoms. The predicted molar refractivity (Wildman–Crippen MR) is 120 cm³/mol. The molecule has 0 spiro atoms. The van der Waals surface area contributed by atoms with Gasteiger partial charge in [0, 0.05) is 28.7 Å². The summed E-state index contributed by atoms with van der Waals surface area (Å²) < 4.78 is 2.12. The van der Waals surface area contributed by atoms with Gasteiger partial charge in [-0.1, -0.05) is 12.1 Å². The van der Waals surface area contributed by atoms with Crippen molar-refractivity contribution in [1.82, 2.24) is 19.7 Å². The molecule has 4 rings (SSSR count). The zero-order valence-electron chi connectivity index (χ0n) is 15.2. The van der Waals surface area contributed by atoms with Crippen molar-refractivity contribution < 1.29 is 4.79 Å². The van der Waals surface area contributed by atoms with Crippen molar-refractivity contribution >= 4 is 46.9 Å². The second-order valence-corrected chi connectivity index (χ2v) is 8.52. The highest BCUT2D eigenvalue weighted by molar-refractivity contribution is 7.98. The third kappa shape index (κ3) is 5.00. The van der Waals surface area contributed by atoms with Gasteiger partial charge >= 0.3 is 0 Å². The van der Waals surface area contributed by atoms with E-state index in [4.69, 9.17) is 12.2 Å². The first-order chi connectivity index (χ1) is 14.2. The smallest absolute Gasteiger partial charge is 0.244 e. The van der Waals surface area contributed by atoms with Crippen LogP contribution < -0.4 is 5.32 Å². The van der Waals surface area contributed by atoms with Crippen molar-refractivity contribution in [2.75, 3.05) is 5.32 Å². The number of aromatic amines is 1. The molecule has 0 aliphatic heterocycles. The van der Waals surface area contributed by atoms with E-state index >= 15 is 0 Å². The molecule has 3 aromatic heterocycles. The molecule has 4 aromatic rings. The number of nitrogens with one attached hydrogen (secondary N) is 2. The number of benzene rings is 1. The summed E-state index contributed by atoms with van der Waals surface area (Å²) in [6.07, 6.45) is 3.64. The van der Waals surface area contributed by atoms with Crippen molar-refractivity contribution in [2.24, 2.45) is 0 Å². The Bertz CT molecular complexity index is 1140. The van der Waals surface area contributed by atoms with Crippen molar-refractivity contribution in [1.29, 1.82) is 0 Å². The highest BCUT2D eigenvalue weighted by atomic mass is 32.2. The first kappa shape index (κ1) is 19.6. The fraction of sp³-hybridized carbons (Fsp3) is 0.100. The summed E-state index contributed by atoms with van der Waals surface area (Å²) in [7, 11) is 0. The van der Waals surface area contributed by atoms with Crippen LogP contribution in [0.1, 0.15) is 5.56 Å². The van der Waals surface area contributed by atoms with Gasteiger partial charge in [0.15, 0.2) is 10.6 Å². The molecule has 1 amide bonds. The predicted octanol–water partition coefficient (Wildman–Crippen LogP) is 5.00. The number of nitrogens with zero attached hydrogens (tertiary/aromatic N) is 3. The minimum atomic E-state index is -0.156. The van der Waals surface area contributed by atoms with Crippen LogP contribution in [0.3, 0.4) is 0 Å². The van der Waals surface area contributed by atoms with E-state index in [2.05, 4.69) is 26.6 Å². The van der Waals surface area contributed by atoms with E-state index in [0.717, 1.165) is 21.2 Å². The Balaban J connectivity index is 1.37. The number of carbonyl (C=O) groups excluding carboxylic acids is 1. The number of hydrogen-bond acceptors (Lipinski definition) is 6. The number of anilines is 1. The molecule has 0 unspecified atom stereocenters. The normalized spacial score (nSPS) is 10.8. The summed E-state index contributed by atoms with van der Waals surface area (Å²) in [5.41, 5.74) is 1.92. The maximum absolute atomic E-state index is 12.5. The molecule has 3 heterocycles. The summed E-state index contributed by atoms with van der Waals surface area (Å²) in [5.74, 6) is 1.36. The average molecular weight is 440 g/mol. The average Bonchev–Trinajstić information content (AvgIpc) is 3.39. The zero-order chi connectivity index (χ0) is 20.1. The second-order valence-electron chi connectivity index (χ2n) is 6.14. The van der Waals surface area contributed by atoms with Gasteiger partial charge < -0.3 is 5.32 Å². The van der Waals surface area contributed by atoms with Crippen LogP contribution in [0.4, 0.5) is 5.69 Å². The van der Waals surface area contributed by atoms with E-state index in [0.29, 0.717) is 10.6 Å². The number of thioether (sulfide) groups is 1. The lowest BCUT2D eigenvalue weighted by Gasteiger charge is -2.08. The molecule has 0 saturated carbocycles. The first-order valence-electron chi connectivity index (χ1n) is 8.80. The number of amides is 1. The summed E-state index contributed by atoms with van der Waals surface area (Å²) in [6, 6.07) is 15.7. The molecular formula is C20H17N5OS3.